The number of benzene rings is 1. The maximum atomic E-state index is 11.0. The second kappa shape index (κ2) is 4.75. The summed E-state index contributed by atoms with van der Waals surface area (Å²) >= 11 is 0. The van der Waals surface area contributed by atoms with Crippen LogP contribution in [0.3, 0.4) is 0 Å². The minimum Gasteiger partial charge on any atom is -0.296 e. The monoisotopic (exact) mass is 224 g/mol. The van der Waals surface area contributed by atoms with Crippen LogP contribution in [0.25, 0.3) is 10.9 Å². The van der Waals surface area contributed by atoms with Crippen molar-refractivity contribution in [2.24, 2.45) is 0 Å². The Morgan fingerprint density at radius 2 is 2.18 bits per heavy atom. The molecule has 0 aliphatic carbocycles. The molecule has 0 radical (unpaired) electrons. The Morgan fingerprint density at radius 1 is 1.41 bits per heavy atom. The molecule has 0 aliphatic heterocycles. The van der Waals surface area contributed by atoms with E-state index in [-0.39, 0.29) is 5.69 Å². The highest BCUT2D eigenvalue weighted by molar-refractivity contribution is 5.90. The Morgan fingerprint density at radius 3 is 2.82 bits per heavy atom. The molecule has 0 amide bonds. The van der Waals surface area contributed by atoms with Crippen LogP contribution in [0, 0.1) is 11.3 Å². The first-order valence-corrected chi connectivity index (χ1v) is 5.58. The zero-order valence-corrected chi connectivity index (χ0v) is 9.60. The third-order valence-corrected chi connectivity index (χ3v) is 2.75. The van der Waals surface area contributed by atoms with Gasteiger partial charge >= 0.3 is 0 Å². The number of carbonyl (C=O) groups excluding carboxylic acids is 1. The van der Waals surface area contributed by atoms with Crippen LogP contribution in [-0.2, 0) is 6.42 Å². The van der Waals surface area contributed by atoms with Gasteiger partial charge in [-0.3, -0.25) is 4.79 Å². The molecule has 17 heavy (non-hydrogen) atoms. The molecule has 0 spiro atoms. The Labute approximate surface area is 99.7 Å². The van der Waals surface area contributed by atoms with E-state index in [1.807, 2.05) is 24.3 Å². The second-order valence-corrected chi connectivity index (χ2v) is 3.85. The molecule has 0 atom stereocenters. The normalized spacial score (nSPS) is 10.1. The predicted octanol–water partition coefficient (Wildman–Crippen LogP) is 2.87. The molecule has 0 bridgehead atoms. The van der Waals surface area contributed by atoms with Crippen molar-refractivity contribution in [3.63, 3.8) is 0 Å². The first-order valence-electron chi connectivity index (χ1n) is 5.58. The molecule has 3 nitrogen and oxygen atoms in total. The number of para-hydroxylation sites is 1. The fourth-order valence-electron chi connectivity index (χ4n) is 2.02. The maximum absolute atomic E-state index is 11.0. The maximum Gasteiger partial charge on any atom is 0.169 e. The Hall–Kier alpha value is -2.21. The SMILES string of the molecule is CCCc1c(C#N)c(C=O)nc2ccccc12. The lowest BCUT2D eigenvalue weighted by Crippen LogP contribution is -2.01. The van der Waals surface area contributed by atoms with Crippen molar-refractivity contribution >= 4 is 17.2 Å². The number of aromatic nitrogens is 1. The Kier molecular flexibility index (Phi) is 3.15. The van der Waals surface area contributed by atoms with Gasteiger partial charge in [0.1, 0.15) is 11.8 Å². The first-order chi connectivity index (χ1) is 8.31. The van der Waals surface area contributed by atoms with E-state index in [0.717, 1.165) is 29.3 Å². The van der Waals surface area contributed by atoms with Crippen LogP contribution >= 0.6 is 0 Å². The number of carbonyl (C=O) groups is 1. The van der Waals surface area contributed by atoms with Crippen molar-refractivity contribution in [2.75, 3.05) is 0 Å². The van der Waals surface area contributed by atoms with Gasteiger partial charge in [0.25, 0.3) is 0 Å². The predicted molar refractivity (Wildman–Crippen MR) is 65.8 cm³/mol. The van der Waals surface area contributed by atoms with Crippen LogP contribution in [0.2, 0.25) is 0 Å². The molecule has 0 fully saturated rings. The van der Waals surface area contributed by atoms with E-state index in [2.05, 4.69) is 18.0 Å². The number of fused-ring (bicyclic) bond motifs is 1. The smallest absolute Gasteiger partial charge is 0.169 e. The molecular weight excluding hydrogens is 212 g/mol. The highest BCUT2D eigenvalue weighted by Crippen LogP contribution is 2.23. The molecule has 1 heterocycles. The molecular formula is C14H12N2O. The van der Waals surface area contributed by atoms with Gasteiger partial charge in [0.05, 0.1) is 11.1 Å². The van der Waals surface area contributed by atoms with Gasteiger partial charge in [0.15, 0.2) is 6.29 Å². The van der Waals surface area contributed by atoms with Gasteiger partial charge < -0.3 is 0 Å². The van der Waals surface area contributed by atoms with E-state index in [1.165, 1.54) is 0 Å². The van der Waals surface area contributed by atoms with Gasteiger partial charge in [-0.05, 0) is 18.1 Å². The number of nitrogens with zero attached hydrogens (tertiary/aromatic N) is 2. The van der Waals surface area contributed by atoms with Crippen LogP contribution < -0.4 is 0 Å². The summed E-state index contributed by atoms with van der Waals surface area (Å²) in [4.78, 5) is 15.2. The number of aryl methyl sites for hydroxylation is 1. The zero-order valence-electron chi connectivity index (χ0n) is 9.60. The van der Waals surface area contributed by atoms with Crippen molar-refractivity contribution < 1.29 is 4.79 Å². The number of aldehydes is 1. The van der Waals surface area contributed by atoms with Crippen LogP contribution in [0.15, 0.2) is 24.3 Å². The molecule has 3 heteroatoms. The minimum atomic E-state index is 0.245. The third-order valence-electron chi connectivity index (χ3n) is 2.75. The average Bonchev–Trinajstić information content (AvgIpc) is 2.38. The summed E-state index contributed by atoms with van der Waals surface area (Å²) in [5.74, 6) is 0. The molecule has 2 aromatic rings. The highest BCUT2D eigenvalue weighted by atomic mass is 16.1. The average molecular weight is 224 g/mol. The largest absolute Gasteiger partial charge is 0.296 e. The van der Waals surface area contributed by atoms with Gasteiger partial charge in [-0.15, -0.1) is 0 Å². The molecule has 2 rings (SSSR count). The van der Waals surface area contributed by atoms with Crippen LogP contribution in [-0.4, -0.2) is 11.3 Å². The third kappa shape index (κ3) is 1.90. The Balaban J connectivity index is 2.86. The number of pyridine rings is 1. The Bertz CT molecular complexity index is 611. The zero-order chi connectivity index (χ0) is 12.3. The van der Waals surface area contributed by atoms with Crippen molar-refractivity contribution in [1.82, 2.24) is 4.98 Å². The van der Waals surface area contributed by atoms with Crippen molar-refractivity contribution in [2.45, 2.75) is 19.8 Å². The number of rotatable bonds is 3. The van der Waals surface area contributed by atoms with E-state index in [0.29, 0.717) is 11.8 Å². The summed E-state index contributed by atoms with van der Waals surface area (Å²) in [7, 11) is 0. The van der Waals surface area contributed by atoms with Crippen molar-refractivity contribution in [1.29, 1.82) is 5.26 Å². The summed E-state index contributed by atoms with van der Waals surface area (Å²) in [6.45, 7) is 2.05. The van der Waals surface area contributed by atoms with E-state index in [4.69, 9.17) is 5.26 Å². The van der Waals surface area contributed by atoms with E-state index >= 15 is 0 Å². The summed E-state index contributed by atoms with van der Waals surface area (Å²) in [5, 5.41) is 10.1. The van der Waals surface area contributed by atoms with E-state index in [1.54, 1.807) is 0 Å². The van der Waals surface area contributed by atoms with Crippen LogP contribution in [0.1, 0.15) is 35.0 Å². The van der Waals surface area contributed by atoms with Crippen LogP contribution in [0.4, 0.5) is 0 Å². The molecule has 84 valence electrons. The quantitative estimate of drug-likeness (QED) is 0.753. The minimum absolute atomic E-state index is 0.245. The number of hydrogen-bond acceptors (Lipinski definition) is 3. The number of hydrogen-bond donors (Lipinski definition) is 0. The number of nitriles is 1. The lowest BCUT2D eigenvalue weighted by atomic mass is 9.98. The van der Waals surface area contributed by atoms with Gasteiger partial charge in [-0.1, -0.05) is 31.5 Å². The van der Waals surface area contributed by atoms with Gasteiger partial charge in [0, 0.05) is 5.39 Å². The lowest BCUT2D eigenvalue weighted by Gasteiger charge is -2.09. The topological polar surface area (TPSA) is 53.8 Å². The summed E-state index contributed by atoms with van der Waals surface area (Å²) in [5.41, 5.74) is 2.37. The van der Waals surface area contributed by atoms with Crippen LogP contribution in [0.5, 0.6) is 0 Å². The molecule has 1 aromatic carbocycles. The fraction of sp³-hybridized carbons (Fsp3) is 0.214. The second-order valence-electron chi connectivity index (χ2n) is 3.85. The van der Waals surface area contributed by atoms with Gasteiger partial charge in [-0.25, -0.2) is 4.98 Å². The summed E-state index contributed by atoms with van der Waals surface area (Å²) in [6.07, 6.45) is 2.37. The molecule has 0 saturated heterocycles. The molecule has 0 aliphatic rings. The fourth-order valence-corrected chi connectivity index (χ4v) is 2.02. The van der Waals surface area contributed by atoms with Crippen molar-refractivity contribution in [3.05, 3.63) is 41.1 Å². The molecule has 0 N–H and O–H groups in total. The molecule has 0 saturated carbocycles. The highest BCUT2D eigenvalue weighted by Gasteiger charge is 2.13. The lowest BCUT2D eigenvalue weighted by molar-refractivity contribution is 0.111. The first kappa shape index (κ1) is 11.3. The van der Waals surface area contributed by atoms with E-state index in [9.17, 15) is 4.79 Å². The molecule has 0 unspecified atom stereocenters. The van der Waals surface area contributed by atoms with Crippen molar-refractivity contribution in [3.8, 4) is 6.07 Å². The standard InChI is InChI=1S/C14H12N2O/c1-2-5-10-11-6-3-4-7-13(11)16-14(9-17)12(10)8-15/h3-4,6-7,9H,2,5H2,1H3. The summed E-state index contributed by atoms with van der Waals surface area (Å²) in [6, 6.07) is 9.71. The van der Waals surface area contributed by atoms with Gasteiger partial charge in [0.2, 0.25) is 0 Å². The summed E-state index contributed by atoms with van der Waals surface area (Å²) < 4.78 is 0. The van der Waals surface area contributed by atoms with Gasteiger partial charge in [-0.2, -0.15) is 5.26 Å². The molecule has 1 aromatic heterocycles. The van der Waals surface area contributed by atoms with E-state index < -0.39 is 0 Å².